The van der Waals surface area contributed by atoms with Crippen LogP contribution in [-0.2, 0) is 4.79 Å². The molecule has 7 heteroatoms. The molecule has 1 amide bonds. The van der Waals surface area contributed by atoms with Crippen LogP contribution in [-0.4, -0.2) is 33.0 Å². The summed E-state index contributed by atoms with van der Waals surface area (Å²) in [6.45, 7) is 2.54. The molecule has 0 aliphatic heterocycles. The van der Waals surface area contributed by atoms with Crippen molar-refractivity contribution in [2.75, 3.05) is 12.3 Å². The predicted octanol–water partition coefficient (Wildman–Crippen LogP) is 3.22. The molecule has 1 N–H and O–H groups in total. The number of benzene rings is 1. The topological polar surface area (TPSA) is 59.8 Å². The molecule has 0 saturated heterocycles. The van der Waals surface area contributed by atoms with E-state index in [0.29, 0.717) is 17.5 Å². The van der Waals surface area contributed by atoms with Gasteiger partial charge in [0.2, 0.25) is 5.91 Å². The molecular weight excluding hydrogens is 328 g/mol. The van der Waals surface area contributed by atoms with Gasteiger partial charge in [0.1, 0.15) is 0 Å². The number of thiophene rings is 1. The van der Waals surface area contributed by atoms with E-state index < -0.39 is 0 Å². The summed E-state index contributed by atoms with van der Waals surface area (Å²) in [5, 5.41) is 14.1. The fourth-order valence-corrected chi connectivity index (χ4v) is 3.60. The Morgan fingerprint density at radius 3 is 2.74 bits per heavy atom. The first kappa shape index (κ1) is 15.8. The van der Waals surface area contributed by atoms with Gasteiger partial charge < -0.3 is 5.32 Å². The lowest BCUT2D eigenvalue weighted by Crippen LogP contribution is -2.24. The standard InChI is InChI=1S/C16H16N4OS2/c1-2-17-14(21)11-23-16-19-18-15(13-9-6-10-22-13)20(16)12-7-4-3-5-8-12/h3-10H,2,11H2,1H3,(H,17,21). The quantitative estimate of drug-likeness (QED) is 0.698. The molecule has 3 rings (SSSR count). The van der Waals surface area contributed by atoms with Crippen LogP contribution in [0.5, 0.6) is 0 Å². The molecule has 0 unspecified atom stereocenters. The first-order valence-electron chi connectivity index (χ1n) is 7.24. The van der Waals surface area contributed by atoms with Gasteiger partial charge in [-0.1, -0.05) is 36.0 Å². The number of aromatic nitrogens is 3. The van der Waals surface area contributed by atoms with E-state index >= 15 is 0 Å². The van der Waals surface area contributed by atoms with Gasteiger partial charge in [0.05, 0.1) is 10.6 Å². The van der Waals surface area contributed by atoms with Gasteiger partial charge in [0.25, 0.3) is 0 Å². The van der Waals surface area contributed by atoms with Gasteiger partial charge in [0.15, 0.2) is 11.0 Å². The zero-order valence-corrected chi connectivity index (χ0v) is 14.2. The zero-order valence-electron chi connectivity index (χ0n) is 12.6. The number of nitrogens with zero attached hydrogens (tertiary/aromatic N) is 3. The van der Waals surface area contributed by atoms with Crippen molar-refractivity contribution < 1.29 is 4.79 Å². The molecule has 2 aromatic heterocycles. The van der Waals surface area contributed by atoms with E-state index in [1.165, 1.54) is 11.8 Å². The average molecular weight is 344 g/mol. The third kappa shape index (κ3) is 3.62. The van der Waals surface area contributed by atoms with Gasteiger partial charge in [-0.25, -0.2) is 0 Å². The van der Waals surface area contributed by atoms with Gasteiger partial charge >= 0.3 is 0 Å². The third-order valence-electron chi connectivity index (χ3n) is 3.10. The van der Waals surface area contributed by atoms with E-state index in [2.05, 4.69) is 15.5 Å². The highest BCUT2D eigenvalue weighted by Crippen LogP contribution is 2.30. The molecule has 0 aliphatic carbocycles. The van der Waals surface area contributed by atoms with Gasteiger partial charge in [-0.2, -0.15) is 0 Å². The van der Waals surface area contributed by atoms with Crippen molar-refractivity contribution in [3.8, 4) is 16.4 Å². The molecule has 1 aromatic carbocycles. The molecule has 0 bridgehead atoms. The van der Waals surface area contributed by atoms with Gasteiger partial charge in [-0.15, -0.1) is 21.5 Å². The summed E-state index contributed by atoms with van der Waals surface area (Å²) >= 11 is 3.01. The summed E-state index contributed by atoms with van der Waals surface area (Å²) in [7, 11) is 0. The molecule has 0 fully saturated rings. The second kappa shape index (κ2) is 7.43. The zero-order chi connectivity index (χ0) is 16.1. The minimum Gasteiger partial charge on any atom is -0.356 e. The Hall–Kier alpha value is -2.12. The normalized spacial score (nSPS) is 10.7. The first-order valence-corrected chi connectivity index (χ1v) is 9.10. The average Bonchev–Trinajstić information content (AvgIpc) is 3.23. The van der Waals surface area contributed by atoms with Gasteiger partial charge in [-0.3, -0.25) is 9.36 Å². The summed E-state index contributed by atoms with van der Waals surface area (Å²) in [4.78, 5) is 12.8. The Balaban J connectivity index is 1.95. The Labute approximate surface area is 142 Å². The van der Waals surface area contributed by atoms with Crippen LogP contribution in [0.1, 0.15) is 6.92 Å². The molecule has 0 radical (unpaired) electrons. The van der Waals surface area contributed by atoms with E-state index in [9.17, 15) is 4.79 Å². The van der Waals surface area contributed by atoms with Crippen molar-refractivity contribution in [3.63, 3.8) is 0 Å². The number of para-hydroxylation sites is 1. The molecule has 0 atom stereocenters. The fourth-order valence-electron chi connectivity index (χ4n) is 2.12. The fraction of sp³-hybridized carbons (Fsp3) is 0.188. The minimum atomic E-state index is -0.00205. The number of nitrogens with one attached hydrogen (secondary N) is 1. The molecule has 0 spiro atoms. The lowest BCUT2D eigenvalue weighted by atomic mass is 10.3. The summed E-state index contributed by atoms with van der Waals surface area (Å²) in [5.74, 6) is 1.12. The van der Waals surface area contributed by atoms with Crippen LogP contribution in [0.2, 0.25) is 0 Å². The maximum Gasteiger partial charge on any atom is 0.230 e. The Morgan fingerprint density at radius 2 is 2.04 bits per heavy atom. The smallest absolute Gasteiger partial charge is 0.230 e. The summed E-state index contributed by atoms with van der Waals surface area (Å²) < 4.78 is 2.00. The molecule has 0 saturated carbocycles. The van der Waals surface area contributed by atoms with E-state index in [4.69, 9.17) is 0 Å². The summed E-state index contributed by atoms with van der Waals surface area (Å²) in [5.41, 5.74) is 0.985. The van der Waals surface area contributed by atoms with Crippen LogP contribution in [0.4, 0.5) is 0 Å². The molecule has 5 nitrogen and oxygen atoms in total. The molecule has 3 aromatic rings. The Morgan fingerprint density at radius 1 is 1.22 bits per heavy atom. The molecule has 118 valence electrons. The highest BCUT2D eigenvalue weighted by molar-refractivity contribution is 7.99. The number of carbonyl (C=O) groups is 1. The third-order valence-corrected chi connectivity index (χ3v) is 4.89. The number of thioether (sulfide) groups is 1. The molecule has 23 heavy (non-hydrogen) atoms. The van der Waals surface area contributed by atoms with Crippen molar-refractivity contribution in [1.29, 1.82) is 0 Å². The monoisotopic (exact) mass is 344 g/mol. The van der Waals surface area contributed by atoms with Crippen molar-refractivity contribution in [3.05, 3.63) is 47.8 Å². The highest BCUT2D eigenvalue weighted by Gasteiger charge is 2.17. The molecular formula is C16H16N4OS2. The van der Waals surface area contributed by atoms with Crippen molar-refractivity contribution in [2.45, 2.75) is 12.1 Å². The Kier molecular flexibility index (Phi) is 5.09. The maximum absolute atomic E-state index is 11.7. The second-order valence-electron chi connectivity index (χ2n) is 4.70. The van der Waals surface area contributed by atoms with Crippen molar-refractivity contribution in [1.82, 2.24) is 20.1 Å². The van der Waals surface area contributed by atoms with Gasteiger partial charge in [0, 0.05) is 12.2 Å². The van der Waals surface area contributed by atoms with Crippen LogP contribution < -0.4 is 5.32 Å². The maximum atomic E-state index is 11.7. The number of carbonyl (C=O) groups excluding carboxylic acids is 1. The van der Waals surface area contributed by atoms with Crippen molar-refractivity contribution >= 4 is 29.0 Å². The van der Waals surface area contributed by atoms with Crippen LogP contribution in [0.3, 0.4) is 0 Å². The SMILES string of the molecule is CCNC(=O)CSc1nnc(-c2cccs2)n1-c1ccccc1. The highest BCUT2D eigenvalue weighted by atomic mass is 32.2. The molecule has 2 heterocycles. The van der Waals surface area contributed by atoms with E-state index in [1.807, 2.05) is 59.3 Å². The lowest BCUT2D eigenvalue weighted by Gasteiger charge is -2.09. The predicted molar refractivity (Wildman–Crippen MR) is 94.1 cm³/mol. The van der Waals surface area contributed by atoms with Crippen molar-refractivity contribution in [2.24, 2.45) is 0 Å². The largest absolute Gasteiger partial charge is 0.356 e. The summed E-state index contributed by atoms with van der Waals surface area (Å²) in [6.07, 6.45) is 0. The van der Waals surface area contributed by atoms with E-state index in [-0.39, 0.29) is 5.91 Å². The van der Waals surface area contributed by atoms with Gasteiger partial charge in [-0.05, 0) is 30.5 Å². The van der Waals surface area contributed by atoms with E-state index in [0.717, 1.165) is 16.4 Å². The van der Waals surface area contributed by atoms with Crippen LogP contribution in [0, 0.1) is 0 Å². The number of rotatable bonds is 6. The first-order chi connectivity index (χ1) is 11.3. The van der Waals surface area contributed by atoms with E-state index in [1.54, 1.807) is 11.3 Å². The summed E-state index contributed by atoms with van der Waals surface area (Å²) in [6, 6.07) is 14.0. The number of amides is 1. The number of hydrogen-bond acceptors (Lipinski definition) is 5. The Bertz CT molecular complexity index is 769. The van der Waals surface area contributed by atoms with Crippen LogP contribution >= 0.6 is 23.1 Å². The van der Waals surface area contributed by atoms with Crippen LogP contribution in [0.15, 0.2) is 53.0 Å². The molecule has 0 aliphatic rings. The second-order valence-corrected chi connectivity index (χ2v) is 6.59. The number of hydrogen-bond donors (Lipinski definition) is 1. The minimum absolute atomic E-state index is 0.00205. The lowest BCUT2D eigenvalue weighted by molar-refractivity contribution is -0.118. The van der Waals surface area contributed by atoms with Crippen LogP contribution in [0.25, 0.3) is 16.4 Å².